The Morgan fingerprint density at radius 3 is 3.04 bits per heavy atom. The Bertz CT molecular complexity index is 729. The van der Waals surface area contributed by atoms with Crippen molar-refractivity contribution in [1.82, 2.24) is 10.3 Å². The molecule has 2 heterocycles. The van der Waals surface area contributed by atoms with Crippen molar-refractivity contribution in [2.45, 2.75) is 19.4 Å². The zero-order chi connectivity index (χ0) is 18.4. The van der Waals surface area contributed by atoms with Gasteiger partial charge in [0.15, 0.2) is 5.82 Å². The summed E-state index contributed by atoms with van der Waals surface area (Å²) in [7, 11) is 1.40. The number of carbonyl (C=O) groups excluding carboxylic acids is 2. The molecular formula is C17H21N5O3. The maximum Gasteiger partial charge on any atom is 0.324 e. The van der Waals surface area contributed by atoms with Crippen molar-refractivity contribution in [3.63, 3.8) is 0 Å². The van der Waals surface area contributed by atoms with Crippen LogP contribution in [0.2, 0.25) is 0 Å². The molecule has 1 aliphatic rings. The van der Waals surface area contributed by atoms with Crippen molar-refractivity contribution in [2.24, 2.45) is 0 Å². The van der Waals surface area contributed by atoms with E-state index in [4.69, 9.17) is 10.1 Å². The average Bonchev–Trinajstić information content (AvgIpc) is 2.62. The number of nitrogens with zero attached hydrogens (tertiary/aromatic N) is 2. The molecular weight excluding hydrogens is 322 g/mol. The maximum absolute atomic E-state index is 12.6. The summed E-state index contributed by atoms with van der Waals surface area (Å²) in [6, 6.07) is 2.60. The van der Waals surface area contributed by atoms with E-state index in [0.717, 1.165) is 0 Å². The van der Waals surface area contributed by atoms with Gasteiger partial charge in [-0.1, -0.05) is 19.6 Å². The molecule has 0 saturated heterocycles. The Morgan fingerprint density at radius 1 is 1.60 bits per heavy atom. The fourth-order valence-corrected chi connectivity index (χ4v) is 2.34. The molecule has 3 N–H and O–H groups in total. The summed E-state index contributed by atoms with van der Waals surface area (Å²) in [5.74, 6) is 0.112. The molecule has 0 aromatic carbocycles. The second kappa shape index (κ2) is 8.09. The van der Waals surface area contributed by atoms with Crippen LogP contribution in [0.1, 0.15) is 13.3 Å². The molecule has 8 nitrogen and oxygen atoms in total. The molecule has 0 aliphatic carbocycles. The molecule has 2 rings (SSSR count). The first kappa shape index (κ1) is 18.2. The Balaban J connectivity index is 2.12. The van der Waals surface area contributed by atoms with E-state index in [1.54, 1.807) is 24.4 Å². The second-order valence-corrected chi connectivity index (χ2v) is 5.40. The molecule has 1 unspecified atom stereocenters. The summed E-state index contributed by atoms with van der Waals surface area (Å²) in [5, 5.41) is 13.0. The minimum atomic E-state index is -0.432. The fraction of sp³-hybridized carbons (Fsp3) is 0.294. The zero-order valence-corrected chi connectivity index (χ0v) is 14.2. The summed E-state index contributed by atoms with van der Waals surface area (Å²) < 4.78 is 4.75. The number of ether oxygens (including phenoxy) is 1. The van der Waals surface area contributed by atoms with Crippen LogP contribution < -0.4 is 15.5 Å². The number of amides is 3. The van der Waals surface area contributed by atoms with Gasteiger partial charge in [-0.25, -0.2) is 9.78 Å². The predicted octanol–water partition coefficient (Wildman–Crippen LogP) is 2.06. The number of methoxy groups -OCH3 is 1. The molecule has 1 aromatic rings. The summed E-state index contributed by atoms with van der Waals surface area (Å²) >= 11 is 0. The van der Waals surface area contributed by atoms with Crippen LogP contribution in [0.3, 0.4) is 0 Å². The van der Waals surface area contributed by atoms with E-state index in [0.29, 0.717) is 23.5 Å². The van der Waals surface area contributed by atoms with Crippen molar-refractivity contribution in [2.75, 3.05) is 23.9 Å². The van der Waals surface area contributed by atoms with Crippen molar-refractivity contribution in [3.8, 4) is 0 Å². The molecule has 0 spiro atoms. The van der Waals surface area contributed by atoms with E-state index < -0.39 is 6.03 Å². The van der Waals surface area contributed by atoms with E-state index >= 15 is 0 Å². The van der Waals surface area contributed by atoms with E-state index in [2.05, 4.69) is 22.2 Å². The van der Waals surface area contributed by atoms with E-state index in [1.165, 1.54) is 18.1 Å². The monoisotopic (exact) mass is 343 g/mol. The highest BCUT2D eigenvalue weighted by Gasteiger charge is 2.29. The molecule has 8 heteroatoms. The highest BCUT2D eigenvalue weighted by atomic mass is 16.5. The van der Waals surface area contributed by atoms with Gasteiger partial charge in [0.1, 0.15) is 6.54 Å². The number of urea groups is 1. The lowest BCUT2D eigenvalue weighted by Crippen LogP contribution is -2.50. The van der Waals surface area contributed by atoms with Crippen LogP contribution in [0, 0.1) is 5.41 Å². The number of aromatic nitrogens is 1. The molecule has 1 atom stereocenters. The minimum Gasteiger partial charge on any atom is -0.481 e. The van der Waals surface area contributed by atoms with Crippen LogP contribution in [-0.2, 0) is 9.53 Å². The van der Waals surface area contributed by atoms with Gasteiger partial charge < -0.3 is 15.4 Å². The molecule has 25 heavy (non-hydrogen) atoms. The molecule has 1 aliphatic heterocycles. The minimum absolute atomic E-state index is 0.00633. The van der Waals surface area contributed by atoms with Crippen LogP contribution in [0.5, 0.6) is 0 Å². The highest BCUT2D eigenvalue weighted by molar-refractivity contribution is 6.08. The lowest BCUT2D eigenvalue weighted by Gasteiger charge is -2.29. The number of carbonyl (C=O) groups is 2. The summed E-state index contributed by atoms with van der Waals surface area (Å²) in [4.78, 5) is 29.9. The van der Waals surface area contributed by atoms with Gasteiger partial charge >= 0.3 is 6.03 Å². The van der Waals surface area contributed by atoms with Crippen LogP contribution in [0.25, 0.3) is 0 Å². The Hall–Kier alpha value is -3.16. The third kappa shape index (κ3) is 4.43. The third-order valence-electron chi connectivity index (χ3n) is 3.69. The maximum atomic E-state index is 12.6. The fourth-order valence-electron chi connectivity index (χ4n) is 2.34. The number of anilines is 2. The van der Waals surface area contributed by atoms with Crippen LogP contribution >= 0.6 is 0 Å². The van der Waals surface area contributed by atoms with E-state index in [-0.39, 0.29) is 24.4 Å². The molecule has 0 saturated carbocycles. The number of pyridine rings is 1. The largest absolute Gasteiger partial charge is 0.481 e. The van der Waals surface area contributed by atoms with E-state index in [1.807, 2.05) is 6.92 Å². The number of hydrogen-bond donors (Lipinski definition) is 3. The topological polar surface area (TPSA) is 107 Å². The summed E-state index contributed by atoms with van der Waals surface area (Å²) in [6.07, 6.45) is 5.24. The van der Waals surface area contributed by atoms with Gasteiger partial charge in [0.25, 0.3) is 0 Å². The van der Waals surface area contributed by atoms with Gasteiger partial charge in [0.2, 0.25) is 11.8 Å². The van der Waals surface area contributed by atoms with Gasteiger partial charge in [-0.15, -0.1) is 0 Å². The lowest BCUT2D eigenvalue weighted by molar-refractivity contribution is -0.115. The van der Waals surface area contributed by atoms with Crippen molar-refractivity contribution in [3.05, 3.63) is 42.6 Å². The number of fused-ring (bicyclic) bond motifs is 1. The zero-order valence-electron chi connectivity index (χ0n) is 14.2. The Morgan fingerprint density at radius 2 is 2.36 bits per heavy atom. The van der Waals surface area contributed by atoms with Gasteiger partial charge in [0, 0.05) is 6.20 Å². The quantitative estimate of drug-likeness (QED) is 0.432. The summed E-state index contributed by atoms with van der Waals surface area (Å²) in [6.45, 7) is 5.72. The summed E-state index contributed by atoms with van der Waals surface area (Å²) in [5.41, 5.74) is 1.12. The first-order valence-electron chi connectivity index (χ1n) is 7.78. The first-order chi connectivity index (χ1) is 12.0. The molecule has 3 amide bonds. The van der Waals surface area contributed by atoms with Crippen LogP contribution in [0.4, 0.5) is 16.3 Å². The molecule has 0 fully saturated rings. The number of nitrogens with one attached hydrogen (secondary N) is 3. The highest BCUT2D eigenvalue weighted by Crippen LogP contribution is 2.26. The lowest BCUT2D eigenvalue weighted by atomic mass is 10.1. The van der Waals surface area contributed by atoms with E-state index in [9.17, 15) is 9.59 Å². The van der Waals surface area contributed by atoms with Crippen LogP contribution in [-0.4, -0.2) is 42.5 Å². The SMILES string of the molecule is C=C(/C=C\C(=N)OC)C(CC)NC(=O)N1CC(=O)Nc2cccnc21. The normalized spacial score (nSPS) is 14.5. The smallest absolute Gasteiger partial charge is 0.324 e. The van der Waals surface area contributed by atoms with Crippen molar-refractivity contribution >= 4 is 29.3 Å². The standard InChI is InChI=1S/C17H21N5O3/c1-4-12(11(2)7-8-14(18)25-3)21-17(24)22-10-15(23)20-13-6-5-9-19-16(13)22/h5-9,12,18H,2,4,10H2,1,3H3,(H,20,23)(H,21,24)/b8-7-,18-14?. The molecule has 0 radical (unpaired) electrons. The van der Waals surface area contributed by atoms with Gasteiger partial charge in [-0.2, -0.15) is 0 Å². The Kier molecular flexibility index (Phi) is 5.89. The van der Waals surface area contributed by atoms with Crippen LogP contribution in [0.15, 0.2) is 42.6 Å². The van der Waals surface area contributed by atoms with Crippen molar-refractivity contribution in [1.29, 1.82) is 5.41 Å². The first-order valence-corrected chi connectivity index (χ1v) is 7.78. The van der Waals surface area contributed by atoms with Gasteiger partial charge in [0.05, 0.1) is 18.8 Å². The molecule has 0 bridgehead atoms. The Labute approximate surface area is 146 Å². The number of rotatable bonds is 5. The molecule has 132 valence electrons. The molecule has 1 aromatic heterocycles. The van der Waals surface area contributed by atoms with Crippen molar-refractivity contribution < 1.29 is 14.3 Å². The average molecular weight is 343 g/mol. The number of hydrogen-bond acceptors (Lipinski definition) is 5. The van der Waals surface area contributed by atoms with Gasteiger partial charge in [-0.05, 0) is 30.2 Å². The van der Waals surface area contributed by atoms with Gasteiger partial charge in [-0.3, -0.25) is 15.1 Å². The third-order valence-corrected chi connectivity index (χ3v) is 3.69. The second-order valence-electron chi connectivity index (χ2n) is 5.40. The predicted molar refractivity (Wildman–Crippen MR) is 95.8 cm³/mol.